The summed E-state index contributed by atoms with van der Waals surface area (Å²) in [4.78, 5) is 0. The number of nitrogens with one attached hydrogen (secondary N) is 1. The van der Waals surface area contributed by atoms with Crippen LogP contribution in [0, 0.1) is 5.82 Å². The van der Waals surface area contributed by atoms with E-state index in [1.54, 1.807) is 0 Å². The quantitative estimate of drug-likeness (QED) is 0.786. The van der Waals surface area contributed by atoms with Crippen molar-refractivity contribution in [3.8, 4) is 0 Å². The van der Waals surface area contributed by atoms with E-state index in [2.05, 4.69) is 5.32 Å². The molecule has 1 saturated heterocycles. The first-order chi connectivity index (χ1) is 7.96. The summed E-state index contributed by atoms with van der Waals surface area (Å²) in [5.41, 5.74) is 6.59. The summed E-state index contributed by atoms with van der Waals surface area (Å²) in [5.74, 6) is -0.0624. The first kappa shape index (κ1) is 12.2. The largest absolute Gasteiger partial charge is 0.397 e. The van der Waals surface area contributed by atoms with Gasteiger partial charge in [-0.25, -0.2) is 12.8 Å². The molecule has 0 aromatic heterocycles. The van der Waals surface area contributed by atoms with E-state index in [1.165, 1.54) is 18.2 Å². The van der Waals surface area contributed by atoms with E-state index >= 15 is 0 Å². The highest BCUT2D eigenvalue weighted by atomic mass is 32.2. The Labute approximate surface area is 99.9 Å². The summed E-state index contributed by atoms with van der Waals surface area (Å²) in [6, 6.07) is 3.85. The number of nitrogen functional groups attached to an aromatic ring is 1. The second kappa shape index (κ2) is 4.52. The molecule has 0 bridgehead atoms. The molecule has 3 N–H and O–H groups in total. The molecule has 94 valence electrons. The molecular weight excluding hydrogens is 243 g/mol. The van der Waals surface area contributed by atoms with Gasteiger partial charge in [-0.15, -0.1) is 0 Å². The number of hydrogen-bond donors (Lipinski definition) is 2. The minimum atomic E-state index is -2.97. The maximum Gasteiger partial charge on any atom is 0.152 e. The van der Waals surface area contributed by atoms with Crippen molar-refractivity contribution in [2.24, 2.45) is 0 Å². The van der Waals surface area contributed by atoms with Gasteiger partial charge in [-0.05, 0) is 31.0 Å². The van der Waals surface area contributed by atoms with Crippen LogP contribution in [0.15, 0.2) is 18.2 Å². The van der Waals surface area contributed by atoms with Crippen LogP contribution >= 0.6 is 0 Å². The van der Waals surface area contributed by atoms with Gasteiger partial charge in [0, 0.05) is 6.04 Å². The van der Waals surface area contributed by atoms with E-state index in [-0.39, 0.29) is 23.4 Å². The third-order valence-corrected chi connectivity index (χ3v) is 4.66. The van der Waals surface area contributed by atoms with Crippen LogP contribution in [-0.4, -0.2) is 26.0 Å². The molecule has 1 aliphatic rings. The lowest BCUT2D eigenvalue weighted by Crippen LogP contribution is -2.35. The molecule has 1 aliphatic heterocycles. The fraction of sp³-hybridized carbons (Fsp3) is 0.455. The molecule has 1 aromatic carbocycles. The third kappa shape index (κ3) is 3.09. The van der Waals surface area contributed by atoms with Crippen molar-refractivity contribution in [2.45, 2.75) is 18.9 Å². The van der Waals surface area contributed by atoms with Crippen molar-refractivity contribution in [1.29, 1.82) is 0 Å². The standard InChI is InChI=1S/C11H15FN2O2S/c12-8-3-4-10(13)11(6-8)14-9-2-1-5-17(15,16)7-9/h3-4,6,9,14H,1-2,5,7,13H2. The van der Waals surface area contributed by atoms with Crippen LogP contribution in [-0.2, 0) is 9.84 Å². The van der Waals surface area contributed by atoms with Gasteiger partial charge in [-0.2, -0.15) is 0 Å². The zero-order chi connectivity index (χ0) is 12.5. The first-order valence-corrected chi connectivity index (χ1v) is 7.30. The van der Waals surface area contributed by atoms with Gasteiger partial charge in [0.2, 0.25) is 0 Å². The number of sulfone groups is 1. The molecule has 0 aliphatic carbocycles. The summed E-state index contributed by atoms with van der Waals surface area (Å²) < 4.78 is 36.0. The van der Waals surface area contributed by atoms with Gasteiger partial charge in [-0.3, -0.25) is 0 Å². The Balaban J connectivity index is 2.13. The zero-order valence-electron chi connectivity index (χ0n) is 9.32. The molecule has 4 nitrogen and oxygen atoms in total. The van der Waals surface area contributed by atoms with Crippen molar-refractivity contribution in [1.82, 2.24) is 0 Å². The van der Waals surface area contributed by atoms with E-state index in [0.29, 0.717) is 17.8 Å². The van der Waals surface area contributed by atoms with Crippen LogP contribution in [0.25, 0.3) is 0 Å². The van der Waals surface area contributed by atoms with Crippen LogP contribution in [0.2, 0.25) is 0 Å². The fourth-order valence-corrected chi connectivity index (χ4v) is 3.65. The van der Waals surface area contributed by atoms with Gasteiger partial charge >= 0.3 is 0 Å². The van der Waals surface area contributed by atoms with E-state index in [1.807, 2.05) is 0 Å². The summed E-state index contributed by atoms with van der Waals surface area (Å²) in [5, 5.41) is 3.00. The van der Waals surface area contributed by atoms with Crippen molar-refractivity contribution < 1.29 is 12.8 Å². The molecular formula is C11H15FN2O2S. The lowest BCUT2D eigenvalue weighted by atomic mass is 10.1. The zero-order valence-corrected chi connectivity index (χ0v) is 10.1. The van der Waals surface area contributed by atoms with Gasteiger partial charge in [0.25, 0.3) is 0 Å². The lowest BCUT2D eigenvalue weighted by Gasteiger charge is -2.24. The number of halogens is 1. The van der Waals surface area contributed by atoms with Crippen LogP contribution < -0.4 is 11.1 Å². The number of rotatable bonds is 2. The maximum atomic E-state index is 13.0. The summed E-state index contributed by atoms with van der Waals surface area (Å²) in [7, 11) is -2.97. The predicted molar refractivity (Wildman–Crippen MR) is 66.1 cm³/mol. The number of nitrogens with two attached hydrogens (primary N) is 1. The minimum absolute atomic E-state index is 0.0863. The van der Waals surface area contributed by atoms with Crippen molar-refractivity contribution >= 4 is 21.2 Å². The summed E-state index contributed by atoms with van der Waals surface area (Å²) in [6.45, 7) is 0. The van der Waals surface area contributed by atoms with Gasteiger partial charge < -0.3 is 11.1 Å². The molecule has 1 unspecified atom stereocenters. The third-order valence-electron chi connectivity index (χ3n) is 2.84. The molecule has 0 amide bonds. The van der Waals surface area contributed by atoms with E-state index in [0.717, 1.165) is 6.42 Å². The normalized spacial score (nSPS) is 23.2. The monoisotopic (exact) mass is 258 g/mol. The summed E-state index contributed by atoms with van der Waals surface area (Å²) >= 11 is 0. The van der Waals surface area contributed by atoms with Gasteiger partial charge in [0.15, 0.2) is 9.84 Å². The molecule has 1 aromatic rings. The Bertz CT molecular complexity index is 516. The minimum Gasteiger partial charge on any atom is -0.397 e. The lowest BCUT2D eigenvalue weighted by molar-refractivity contribution is 0.562. The van der Waals surface area contributed by atoms with Crippen molar-refractivity contribution in [3.05, 3.63) is 24.0 Å². The number of hydrogen-bond acceptors (Lipinski definition) is 4. The molecule has 1 fully saturated rings. The Morgan fingerprint density at radius 3 is 2.88 bits per heavy atom. The van der Waals surface area contributed by atoms with Crippen molar-refractivity contribution in [2.75, 3.05) is 22.6 Å². The van der Waals surface area contributed by atoms with Gasteiger partial charge in [-0.1, -0.05) is 0 Å². The Morgan fingerprint density at radius 1 is 1.41 bits per heavy atom. The highest BCUT2D eigenvalue weighted by Gasteiger charge is 2.24. The molecule has 1 heterocycles. The highest BCUT2D eigenvalue weighted by Crippen LogP contribution is 2.23. The Kier molecular flexibility index (Phi) is 3.24. The molecule has 0 spiro atoms. The SMILES string of the molecule is Nc1ccc(F)cc1NC1CCCS(=O)(=O)C1. The fourth-order valence-electron chi connectivity index (χ4n) is 2.01. The van der Waals surface area contributed by atoms with Crippen LogP contribution in [0.4, 0.5) is 15.8 Å². The smallest absolute Gasteiger partial charge is 0.152 e. The van der Waals surface area contributed by atoms with Gasteiger partial charge in [0.1, 0.15) is 5.82 Å². The van der Waals surface area contributed by atoms with Crippen LogP contribution in [0.3, 0.4) is 0 Å². The topological polar surface area (TPSA) is 72.2 Å². The second-order valence-corrected chi connectivity index (χ2v) is 6.56. The van der Waals surface area contributed by atoms with Gasteiger partial charge in [0.05, 0.1) is 22.9 Å². The molecule has 1 atom stereocenters. The average molecular weight is 258 g/mol. The molecule has 6 heteroatoms. The number of anilines is 2. The van der Waals surface area contributed by atoms with E-state index in [4.69, 9.17) is 5.73 Å². The summed E-state index contributed by atoms with van der Waals surface area (Å²) in [6.07, 6.45) is 1.39. The molecule has 2 rings (SSSR count). The first-order valence-electron chi connectivity index (χ1n) is 5.48. The number of benzene rings is 1. The highest BCUT2D eigenvalue weighted by molar-refractivity contribution is 7.91. The molecule has 0 radical (unpaired) electrons. The van der Waals surface area contributed by atoms with Crippen LogP contribution in [0.1, 0.15) is 12.8 Å². The van der Waals surface area contributed by atoms with E-state index in [9.17, 15) is 12.8 Å². The van der Waals surface area contributed by atoms with Crippen molar-refractivity contribution in [3.63, 3.8) is 0 Å². The Hall–Kier alpha value is -1.30. The van der Waals surface area contributed by atoms with E-state index < -0.39 is 9.84 Å². The predicted octanol–water partition coefficient (Wildman–Crippen LogP) is 1.40. The average Bonchev–Trinajstić information content (AvgIpc) is 2.22. The second-order valence-electron chi connectivity index (χ2n) is 4.33. The molecule has 0 saturated carbocycles. The molecule has 17 heavy (non-hydrogen) atoms. The van der Waals surface area contributed by atoms with Crippen LogP contribution in [0.5, 0.6) is 0 Å². The maximum absolute atomic E-state index is 13.0. The Morgan fingerprint density at radius 2 is 2.18 bits per heavy atom.